The zero-order valence-corrected chi connectivity index (χ0v) is 17.0. The highest BCUT2D eigenvalue weighted by atomic mass is 16.2. The van der Waals surface area contributed by atoms with Crippen LogP contribution in [0.15, 0.2) is 54.9 Å². The van der Waals surface area contributed by atoms with Crippen molar-refractivity contribution in [1.29, 1.82) is 0 Å². The average Bonchev–Trinajstić information content (AvgIpc) is 2.79. The van der Waals surface area contributed by atoms with E-state index in [4.69, 9.17) is 0 Å². The van der Waals surface area contributed by atoms with Gasteiger partial charge in [0.15, 0.2) is 0 Å². The molecule has 1 aliphatic heterocycles. The topological polar surface area (TPSA) is 91.4 Å². The maximum Gasteiger partial charge on any atom is 0.227 e. The number of likely N-dealkylation sites (tertiary alicyclic amines) is 1. The molecule has 1 aromatic carbocycles. The van der Waals surface area contributed by atoms with Gasteiger partial charge in [-0.05, 0) is 36.1 Å². The van der Waals surface area contributed by atoms with Gasteiger partial charge in [-0.15, -0.1) is 0 Å². The average molecular weight is 409 g/mol. The molecule has 1 aliphatic rings. The number of hydrogen-bond donors (Lipinski definition) is 2. The van der Waals surface area contributed by atoms with Gasteiger partial charge in [-0.2, -0.15) is 0 Å². The summed E-state index contributed by atoms with van der Waals surface area (Å²) in [6.07, 6.45) is 5.51. The summed E-state index contributed by atoms with van der Waals surface area (Å²) in [5.74, 6) is -0.378. The highest BCUT2D eigenvalue weighted by Crippen LogP contribution is 2.18. The summed E-state index contributed by atoms with van der Waals surface area (Å²) in [5.41, 5.74) is 1.96. The zero-order valence-electron chi connectivity index (χ0n) is 17.0. The number of carbonyl (C=O) groups excluding carboxylic acids is 3. The van der Waals surface area contributed by atoms with Crippen molar-refractivity contribution in [2.24, 2.45) is 5.92 Å². The molecular formula is C23H28N4O3. The van der Waals surface area contributed by atoms with Gasteiger partial charge in [0.05, 0.1) is 12.3 Å². The Kier molecular flexibility index (Phi) is 7.94. The molecule has 30 heavy (non-hydrogen) atoms. The smallest absolute Gasteiger partial charge is 0.227 e. The van der Waals surface area contributed by atoms with E-state index in [9.17, 15) is 14.4 Å². The van der Waals surface area contributed by atoms with Crippen molar-refractivity contribution in [2.75, 3.05) is 19.6 Å². The quantitative estimate of drug-likeness (QED) is 0.695. The third-order valence-corrected chi connectivity index (χ3v) is 5.23. The van der Waals surface area contributed by atoms with Crippen LogP contribution >= 0.6 is 0 Å². The second-order valence-corrected chi connectivity index (χ2v) is 7.51. The first kappa shape index (κ1) is 21.5. The number of benzene rings is 1. The second-order valence-electron chi connectivity index (χ2n) is 7.51. The van der Waals surface area contributed by atoms with Gasteiger partial charge in [-0.3, -0.25) is 19.4 Å². The van der Waals surface area contributed by atoms with Crippen LogP contribution in [-0.4, -0.2) is 47.2 Å². The van der Waals surface area contributed by atoms with Crippen molar-refractivity contribution in [3.63, 3.8) is 0 Å². The molecule has 1 aromatic heterocycles. The lowest BCUT2D eigenvalue weighted by molar-refractivity contribution is -0.135. The Labute approximate surface area is 176 Å². The molecule has 0 unspecified atom stereocenters. The summed E-state index contributed by atoms with van der Waals surface area (Å²) < 4.78 is 0. The predicted octanol–water partition coefficient (Wildman–Crippen LogP) is 1.69. The summed E-state index contributed by atoms with van der Waals surface area (Å²) in [5, 5.41) is 5.67. The number of aromatic nitrogens is 1. The van der Waals surface area contributed by atoms with Crippen LogP contribution < -0.4 is 10.6 Å². The van der Waals surface area contributed by atoms with Crippen molar-refractivity contribution < 1.29 is 14.4 Å². The minimum absolute atomic E-state index is 0.0502. The van der Waals surface area contributed by atoms with Crippen LogP contribution in [0.1, 0.15) is 30.4 Å². The van der Waals surface area contributed by atoms with Crippen LogP contribution in [0.2, 0.25) is 0 Å². The first-order valence-corrected chi connectivity index (χ1v) is 10.4. The summed E-state index contributed by atoms with van der Waals surface area (Å²) in [6, 6.07) is 13.3. The van der Waals surface area contributed by atoms with Crippen LogP contribution in [0.5, 0.6) is 0 Å². The number of amides is 3. The molecule has 0 aliphatic carbocycles. The molecule has 7 heteroatoms. The van der Waals surface area contributed by atoms with Gasteiger partial charge in [0.1, 0.15) is 0 Å². The van der Waals surface area contributed by atoms with Crippen LogP contribution in [0.4, 0.5) is 0 Å². The van der Waals surface area contributed by atoms with Gasteiger partial charge < -0.3 is 15.5 Å². The first-order valence-electron chi connectivity index (χ1n) is 10.4. The number of piperidine rings is 1. The van der Waals surface area contributed by atoms with E-state index >= 15 is 0 Å². The van der Waals surface area contributed by atoms with Gasteiger partial charge in [-0.1, -0.05) is 30.3 Å². The summed E-state index contributed by atoms with van der Waals surface area (Å²) >= 11 is 0. The predicted molar refractivity (Wildman–Crippen MR) is 113 cm³/mol. The molecule has 2 aromatic rings. The number of pyridine rings is 1. The molecule has 3 amide bonds. The van der Waals surface area contributed by atoms with E-state index in [0.29, 0.717) is 26.1 Å². The Morgan fingerprint density at radius 2 is 1.77 bits per heavy atom. The molecule has 158 valence electrons. The Hall–Kier alpha value is -3.22. The summed E-state index contributed by atoms with van der Waals surface area (Å²) in [6.45, 7) is 1.85. The van der Waals surface area contributed by atoms with Gasteiger partial charge in [0.2, 0.25) is 17.7 Å². The fraction of sp³-hybridized carbons (Fsp3) is 0.391. The minimum Gasteiger partial charge on any atom is -0.355 e. The van der Waals surface area contributed by atoms with Crippen molar-refractivity contribution in [1.82, 2.24) is 20.5 Å². The third-order valence-electron chi connectivity index (χ3n) is 5.23. The zero-order chi connectivity index (χ0) is 21.2. The van der Waals surface area contributed by atoms with Gasteiger partial charge in [0, 0.05) is 45.0 Å². The molecule has 7 nitrogen and oxygen atoms in total. The van der Waals surface area contributed by atoms with E-state index in [1.807, 2.05) is 42.5 Å². The highest BCUT2D eigenvalue weighted by Gasteiger charge is 2.28. The third kappa shape index (κ3) is 6.69. The Morgan fingerprint density at radius 1 is 1.00 bits per heavy atom. The number of carbonyl (C=O) groups is 3. The normalized spacial score (nSPS) is 16.0. The van der Waals surface area contributed by atoms with E-state index in [1.165, 1.54) is 0 Å². The summed E-state index contributed by atoms with van der Waals surface area (Å²) in [4.78, 5) is 42.7. The number of nitrogens with one attached hydrogen (secondary N) is 2. The SMILES string of the molecule is O=C(CCNC(=O)[C@@H]1CCCN(C(=O)Cc2ccccc2)C1)NCc1ccncc1. The van der Waals surface area contributed by atoms with Gasteiger partial charge in [0.25, 0.3) is 0 Å². The lowest BCUT2D eigenvalue weighted by Gasteiger charge is -2.32. The first-order chi connectivity index (χ1) is 14.6. The van der Waals surface area contributed by atoms with Crippen LogP contribution in [-0.2, 0) is 27.3 Å². The van der Waals surface area contributed by atoms with E-state index < -0.39 is 0 Å². The molecule has 1 saturated heterocycles. The van der Waals surface area contributed by atoms with E-state index in [1.54, 1.807) is 17.3 Å². The molecular weight excluding hydrogens is 380 g/mol. The fourth-order valence-electron chi connectivity index (χ4n) is 3.53. The Morgan fingerprint density at radius 3 is 2.53 bits per heavy atom. The highest BCUT2D eigenvalue weighted by molar-refractivity contribution is 5.83. The maximum atomic E-state index is 12.6. The Balaban J connectivity index is 1.37. The lowest BCUT2D eigenvalue weighted by Crippen LogP contribution is -2.46. The molecule has 0 bridgehead atoms. The van der Waals surface area contributed by atoms with Crippen molar-refractivity contribution >= 4 is 17.7 Å². The molecule has 3 rings (SSSR count). The van der Waals surface area contributed by atoms with Crippen LogP contribution in [0, 0.1) is 5.92 Å². The van der Waals surface area contributed by atoms with Crippen molar-refractivity contribution in [2.45, 2.75) is 32.2 Å². The van der Waals surface area contributed by atoms with Crippen LogP contribution in [0.3, 0.4) is 0 Å². The molecule has 0 radical (unpaired) electrons. The number of nitrogens with zero attached hydrogens (tertiary/aromatic N) is 2. The number of rotatable bonds is 8. The Bertz CT molecular complexity index is 842. The van der Waals surface area contributed by atoms with E-state index in [2.05, 4.69) is 15.6 Å². The molecule has 1 atom stereocenters. The largest absolute Gasteiger partial charge is 0.355 e. The molecule has 0 saturated carbocycles. The molecule has 2 heterocycles. The second kappa shape index (κ2) is 11.1. The van der Waals surface area contributed by atoms with E-state index in [-0.39, 0.29) is 36.6 Å². The maximum absolute atomic E-state index is 12.6. The molecule has 0 spiro atoms. The minimum atomic E-state index is -0.224. The molecule has 2 N–H and O–H groups in total. The fourth-order valence-corrected chi connectivity index (χ4v) is 3.53. The van der Waals surface area contributed by atoms with Crippen molar-refractivity contribution in [3.8, 4) is 0 Å². The monoisotopic (exact) mass is 408 g/mol. The number of hydrogen-bond acceptors (Lipinski definition) is 4. The van der Waals surface area contributed by atoms with Gasteiger partial charge in [-0.25, -0.2) is 0 Å². The van der Waals surface area contributed by atoms with Crippen LogP contribution in [0.25, 0.3) is 0 Å². The lowest BCUT2D eigenvalue weighted by atomic mass is 9.96. The summed E-state index contributed by atoms with van der Waals surface area (Å²) in [7, 11) is 0. The van der Waals surface area contributed by atoms with Crippen molar-refractivity contribution in [3.05, 3.63) is 66.0 Å². The van der Waals surface area contributed by atoms with Gasteiger partial charge >= 0.3 is 0 Å². The van der Waals surface area contributed by atoms with E-state index in [0.717, 1.165) is 24.0 Å². The molecule has 1 fully saturated rings. The standard InChI is InChI=1S/C23H28N4O3/c28-21(26-16-19-8-11-24-12-9-19)10-13-25-23(30)20-7-4-14-27(17-20)22(29)15-18-5-2-1-3-6-18/h1-3,5-6,8-9,11-12,20H,4,7,10,13-17H2,(H,25,30)(H,26,28)/t20-/m1/s1.